The van der Waals surface area contributed by atoms with Crippen LogP contribution in [0.4, 0.5) is 11.4 Å². The van der Waals surface area contributed by atoms with E-state index in [1.807, 2.05) is 48.2 Å². The number of benzene rings is 2. The van der Waals surface area contributed by atoms with E-state index >= 15 is 0 Å². The molecular formula is C21H24N3OPS. The first-order chi connectivity index (χ1) is 12.9. The minimum absolute atomic E-state index is 0.166. The van der Waals surface area contributed by atoms with Crippen LogP contribution in [0.1, 0.15) is 26.3 Å². The molecule has 0 saturated carbocycles. The SMILES string of the molecule is CCO[P@@]1(=S)/C(=C2/N(C)c3ccccc3C2(C)C)C=NN1c1ccccc1. The lowest BCUT2D eigenvalue weighted by atomic mass is 9.84. The number of hydrazone groups is 1. The number of allylic oxidation sites excluding steroid dienone is 2. The van der Waals surface area contributed by atoms with Gasteiger partial charge in [-0.2, -0.15) is 5.10 Å². The Bertz CT molecular complexity index is 984. The average Bonchev–Trinajstić information content (AvgIpc) is 3.08. The highest BCUT2D eigenvalue weighted by molar-refractivity contribution is 8.15. The molecular weight excluding hydrogens is 373 g/mol. The van der Waals surface area contributed by atoms with Gasteiger partial charge in [-0.3, -0.25) is 0 Å². The molecule has 0 saturated heterocycles. The number of para-hydroxylation sites is 2. The van der Waals surface area contributed by atoms with Gasteiger partial charge in [0, 0.05) is 23.8 Å². The lowest BCUT2D eigenvalue weighted by Crippen LogP contribution is -2.26. The summed E-state index contributed by atoms with van der Waals surface area (Å²) in [5.74, 6) is 0. The molecule has 6 heteroatoms. The van der Waals surface area contributed by atoms with Crippen LogP contribution in [0, 0.1) is 0 Å². The van der Waals surface area contributed by atoms with E-state index in [0.29, 0.717) is 6.61 Å². The Labute approximate surface area is 166 Å². The molecule has 140 valence electrons. The van der Waals surface area contributed by atoms with E-state index in [4.69, 9.17) is 21.4 Å². The summed E-state index contributed by atoms with van der Waals surface area (Å²) in [7, 11) is 2.11. The van der Waals surface area contributed by atoms with E-state index in [9.17, 15) is 0 Å². The fourth-order valence-electron chi connectivity index (χ4n) is 4.08. The molecule has 1 atom stereocenters. The Hall–Kier alpha value is -1.94. The summed E-state index contributed by atoms with van der Waals surface area (Å²) in [6.07, 6.45) is -0.605. The van der Waals surface area contributed by atoms with Gasteiger partial charge in [-0.1, -0.05) is 50.2 Å². The highest BCUT2D eigenvalue weighted by Gasteiger charge is 2.46. The zero-order valence-corrected chi connectivity index (χ0v) is 17.8. The molecule has 0 amide bonds. The molecule has 0 aliphatic carbocycles. The van der Waals surface area contributed by atoms with Crippen molar-refractivity contribution >= 4 is 35.8 Å². The Balaban J connectivity index is 1.91. The van der Waals surface area contributed by atoms with Crippen molar-refractivity contribution in [3.05, 3.63) is 71.2 Å². The van der Waals surface area contributed by atoms with Crippen molar-refractivity contribution in [2.45, 2.75) is 26.2 Å². The fraction of sp³-hybridized carbons (Fsp3) is 0.286. The molecule has 2 aromatic rings. The molecule has 0 radical (unpaired) electrons. The van der Waals surface area contributed by atoms with Gasteiger partial charge in [0.1, 0.15) is 0 Å². The summed E-state index contributed by atoms with van der Waals surface area (Å²) in [5, 5.41) is 5.74. The number of hydrogen-bond acceptors (Lipinski definition) is 4. The lowest BCUT2D eigenvalue weighted by molar-refractivity contribution is 0.379. The van der Waals surface area contributed by atoms with Gasteiger partial charge >= 0.3 is 0 Å². The van der Waals surface area contributed by atoms with Crippen molar-refractivity contribution in [3.63, 3.8) is 0 Å². The maximum Gasteiger partial charge on any atom is 0.209 e. The molecule has 4 nitrogen and oxygen atoms in total. The van der Waals surface area contributed by atoms with Gasteiger partial charge < -0.3 is 9.42 Å². The molecule has 0 fully saturated rings. The molecule has 0 aromatic heterocycles. The first kappa shape index (κ1) is 18.4. The average molecular weight is 397 g/mol. The van der Waals surface area contributed by atoms with E-state index in [1.165, 1.54) is 16.9 Å². The number of likely N-dealkylation sites (N-methyl/N-ethyl adjacent to an activating group) is 1. The topological polar surface area (TPSA) is 28.1 Å². The zero-order valence-electron chi connectivity index (χ0n) is 16.1. The molecule has 2 aromatic carbocycles. The van der Waals surface area contributed by atoms with Gasteiger partial charge in [0.2, 0.25) is 6.42 Å². The maximum absolute atomic E-state index is 6.27. The minimum Gasteiger partial charge on any atom is -0.346 e. The van der Waals surface area contributed by atoms with Crippen LogP contribution in [0.3, 0.4) is 0 Å². The smallest absolute Gasteiger partial charge is 0.209 e. The van der Waals surface area contributed by atoms with E-state index < -0.39 is 6.42 Å². The summed E-state index contributed by atoms with van der Waals surface area (Å²) in [6, 6.07) is 18.6. The summed E-state index contributed by atoms with van der Waals surface area (Å²) in [4.78, 5) is 2.26. The number of fused-ring (bicyclic) bond motifs is 1. The molecule has 2 aliphatic heterocycles. The lowest BCUT2D eigenvalue weighted by Gasteiger charge is -2.32. The van der Waals surface area contributed by atoms with E-state index in [1.54, 1.807) is 0 Å². The van der Waals surface area contributed by atoms with E-state index in [2.05, 4.69) is 50.1 Å². The summed E-state index contributed by atoms with van der Waals surface area (Å²) < 4.78 is 8.18. The van der Waals surface area contributed by atoms with Crippen LogP contribution in [0.25, 0.3) is 0 Å². The van der Waals surface area contributed by atoms with Crippen LogP contribution in [0.2, 0.25) is 0 Å². The monoisotopic (exact) mass is 397 g/mol. The number of rotatable bonds is 3. The quantitative estimate of drug-likeness (QED) is 0.642. The van der Waals surface area contributed by atoms with E-state index in [0.717, 1.165) is 11.0 Å². The largest absolute Gasteiger partial charge is 0.346 e. The third-order valence-electron chi connectivity index (χ3n) is 5.24. The van der Waals surface area contributed by atoms with Crippen LogP contribution in [0.5, 0.6) is 0 Å². The standard InChI is InChI=1S/C21H24N3OPS/c1-5-25-26(27)19(15-22-24(26)16-11-7-6-8-12-16)20-21(2,3)17-13-9-10-14-18(17)23(20)4/h6-15H,5H2,1-4H3/b20-19+/t26-/m1/s1. The highest BCUT2D eigenvalue weighted by Crippen LogP contribution is 2.66. The fourth-order valence-corrected chi connectivity index (χ4v) is 7.53. The Morgan fingerprint density at radius 2 is 1.74 bits per heavy atom. The predicted octanol–water partition coefficient (Wildman–Crippen LogP) is 5.48. The third kappa shape index (κ3) is 2.68. The molecule has 4 rings (SSSR count). The van der Waals surface area contributed by atoms with Gasteiger partial charge in [-0.25, -0.2) is 4.78 Å². The summed E-state index contributed by atoms with van der Waals surface area (Å²) in [5.41, 5.74) is 4.51. The van der Waals surface area contributed by atoms with Crippen LogP contribution in [0.15, 0.2) is 70.7 Å². The minimum atomic E-state index is -2.52. The van der Waals surface area contributed by atoms with Crippen LogP contribution < -0.4 is 9.68 Å². The number of nitrogens with zero attached hydrogens (tertiary/aromatic N) is 3. The predicted molar refractivity (Wildman–Crippen MR) is 118 cm³/mol. The Morgan fingerprint density at radius 3 is 2.41 bits per heavy atom. The molecule has 0 unspecified atom stereocenters. The van der Waals surface area contributed by atoms with Gasteiger partial charge in [-0.15, -0.1) is 0 Å². The second-order valence-corrected chi connectivity index (χ2v) is 10.9. The second kappa shape index (κ2) is 6.59. The molecule has 2 heterocycles. The van der Waals surface area contributed by atoms with Crippen molar-refractivity contribution in [3.8, 4) is 0 Å². The van der Waals surface area contributed by atoms with Crippen molar-refractivity contribution in [1.29, 1.82) is 0 Å². The first-order valence-corrected chi connectivity index (χ1v) is 11.8. The van der Waals surface area contributed by atoms with Gasteiger partial charge in [0.25, 0.3) is 0 Å². The maximum atomic E-state index is 6.27. The zero-order chi connectivity index (χ0) is 19.2. The molecule has 2 aliphatic rings. The number of anilines is 2. The Morgan fingerprint density at radius 1 is 1.07 bits per heavy atom. The molecule has 0 bridgehead atoms. The molecule has 0 spiro atoms. The number of hydrogen-bond donors (Lipinski definition) is 0. The summed E-state index contributed by atoms with van der Waals surface area (Å²) >= 11 is 6.20. The highest BCUT2D eigenvalue weighted by atomic mass is 32.4. The third-order valence-corrected chi connectivity index (χ3v) is 8.99. The van der Waals surface area contributed by atoms with Gasteiger partial charge in [-0.05, 0) is 42.5 Å². The molecule has 0 N–H and O–H groups in total. The van der Waals surface area contributed by atoms with Gasteiger partial charge in [0.15, 0.2) is 0 Å². The van der Waals surface area contributed by atoms with Crippen molar-refractivity contribution in [1.82, 2.24) is 0 Å². The van der Waals surface area contributed by atoms with Crippen LogP contribution >= 0.6 is 6.42 Å². The summed E-state index contributed by atoms with van der Waals surface area (Å²) in [6.45, 7) is 7.05. The normalized spacial score (nSPS) is 25.9. The van der Waals surface area contributed by atoms with Crippen molar-refractivity contribution in [2.24, 2.45) is 5.10 Å². The molecule has 27 heavy (non-hydrogen) atoms. The van der Waals surface area contributed by atoms with E-state index in [-0.39, 0.29) is 5.41 Å². The first-order valence-electron chi connectivity index (χ1n) is 9.14. The van der Waals surface area contributed by atoms with Crippen LogP contribution in [-0.4, -0.2) is 19.9 Å². The van der Waals surface area contributed by atoms with Gasteiger partial charge in [0.05, 0.1) is 23.8 Å². The van der Waals surface area contributed by atoms with Crippen molar-refractivity contribution < 1.29 is 4.52 Å². The van der Waals surface area contributed by atoms with Crippen molar-refractivity contribution in [2.75, 3.05) is 23.3 Å². The van der Waals surface area contributed by atoms with Crippen LogP contribution in [-0.2, 0) is 21.7 Å². The Kier molecular flexibility index (Phi) is 4.50. The second-order valence-electron chi connectivity index (χ2n) is 7.24.